The van der Waals surface area contributed by atoms with E-state index in [1.165, 1.54) is 0 Å². The highest BCUT2D eigenvalue weighted by atomic mass is 16.5. The molecule has 2 aliphatic rings. The lowest BCUT2D eigenvalue weighted by Crippen LogP contribution is -2.51. The highest BCUT2D eigenvalue weighted by Gasteiger charge is 2.31. The van der Waals surface area contributed by atoms with Crippen LogP contribution in [0.25, 0.3) is 28.4 Å². The number of rotatable bonds is 4. The van der Waals surface area contributed by atoms with E-state index >= 15 is 0 Å². The maximum absolute atomic E-state index is 12.8. The quantitative estimate of drug-likeness (QED) is 0.482. The smallest absolute Gasteiger partial charge is 0.228 e. The molecule has 5 heterocycles. The first-order valence-electron chi connectivity index (χ1n) is 11.4. The average Bonchev–Trinajstić information content (AvgIpc) is 3.65. The Morgan fingerprint density at radius 1 is 0.970 bits per heavy atom. The molecule has 0 saturated carbocycles. The molecular formula is C25H25N5O3. The van der Waals surface area contributed by atoms with E-state index in [9.17, 15) is 4.79 Å². The van der Waals surface area contributed by atoms with Crippen molar-refractivity contribution >= 4 is 17.4 Å². The summed E-state index contributed by atoms with van der Waals surface area (Å²) in [6.07, 6.45) is 2.48. The number of ether oxygens (including phenoxy) is 1. The number of fused-ring (bicyclic) bond motifs is 1. The van der Waals surface area contributed by atoms with Gasteiger partial charge in [-0.3, -0.25) is 4.79 Å². The molecule has 1 aromatic carbocycles. The summed E-state index contributed by atoms with van der Waals surface area (Å²) in [6.45, 7) is 4.06. The topological polar surface area (TPSA) is 76.1 Å². The fraction of sp³-hybridized carbons (Fsp3) is 0.320. The fourth-order valence-electron chi connectivity index (χ4n) is 4.63. The third-order valence-electron chi connectivity index (χ3n) is 6.45. The number of amides is 1. The van der Waals surface area contributed by atoms with Crippen LogP contribution in [0.1, 0.15) is 6.42 Å². The maximum Gasteiger partial charge on any atom is 0.228 e. The molecule has 1 unspecified atom stereocenters. The Morgan fingerprint density at radius 2 is 1.82 bits per heavy atom. The van der Waals surface area contributed by atoms with Gasteiger partial charge >= 0.3 is 0 Å². The molecule has 3 aromatic heterocycles. The Balaban J connectivity index is 1.33. The van der Waals surface area contributed by atoms with Crippen LogP contribution in [0.5, 0.6) is 0 Å². The third-order valence-corrected chi connectivity index (χ3v) is 6.45. The van der Waals surface area contributed by atoms with Crippen molar-refractivity contribution in [3.63, 3.8) is 0 Å². The Hall–Kier alpha value is -3.65. The van der Waals surface area contributed by atoms with Gasteiger partial charge in [-0.05, 0) is 18.6 Å². The lowest BCUT2D eigenvalue weighted by Gasteiger charge is -2.37. The van der Waals surface area contributed by atoms with E-state index in [0.29, 0.717) is 26.3 Å². The summed E-state index contributed by atoms with van der Waals surface area (Å²) < 4.78 is 12.9. The molecule has 4 aromatic rings. The van der Waals surface area contributed by atoms with Crippen LogP contribution in [0.2, 0.25) is 0 Å². The Bertz CT molecular complexity index is 1250. The normalized spacial score (nSPS) is 18.8. The zero-order valence-electron chi connectivity index (χ0n) is 18.3. The summed E-state index contributed by atoms with van der Waals surface area (Å²) >= 11 is 0. The second-order valence-electron chi connectivity index (χ2n) is 8.52. The number of nitrogens with zero attached hydrogens (tertiary/aromatic N) is 5. The van der Waals surface area contributed by atoms with Crippen molar-refractivity contribution in [1.29, 1.82) is 0 Å². The van der Waals surface area contributed by atoms with Crippen LogP contribution in [0.4, 0.5) is 5.82 Å². The second kappa shape index (κ2) is 8.37. The van der Waals surface area contributed by atoms with E-state index in [0.717, 1.165) is 53.7 Å². The molecule has 168 valence electrons. The van der Waals surface area contributed by atoms with Gasteiger partial charge in [-0.25, -0.2) is 4.98 Å². The van der Waals surface area contributed by atoms with Crippen LogP contribution in [0.3, 0.4) is 0 Å². The van der Waals surface area contributed by atoms with Gasteiger partial charge in [0.25, 0.3) is 0 Å². The Morgan fingerprint density at radius 3 is 2.55 bits per heavy atom. The monoisotopic (exact) mass is 443 g/mol. The largest absolute Gasteiger partial charge is 0.463 e. The van der Waals surface area contributed by atoms with Gasteiger partial charge in [-0.1, -0.05) is 30.3 Å². The van der Waals surface area contributed by atoms with Crippen LogP contribution >= 0.6 is 0 Å². The fourth-order valence-corrected chi connectivity index (χ4v) is 4.63. The van der Waals surface area contributed by atoms with Crippen molar-refractivity contribution < 1.29 is 13.9 Å². The van der Waals surface area contributed by atoms with Gasteiger partial charge in [0, 0.05) is 50.5 Å². The molecule has 0 N–H and O–H groups in total. The summed E-state index contributed by atoms with van der Waals surface area (Å²) in [5.74, 6) is 1.89. The molecule has 0 bridgehead atoms. The van der Waals surface area contributed by atoms with Crippen molar-refractivity contribution in [2.45, 2.75) is 6.42 Å². The van der Waals surface area contributed by atoms with Crippen LogP contribution in [0.15, 0.2) is 65.3 Å². The van der Waals surface area contributed by atoms with Crippen LogP contribution in [0, 0.1) is 5.92 Å². The third kappa shape index (κ3) is 3.76. The second-order valence-corrected chi connectivity index (χ2v) is 8.52. The number of anilines is 1. The zero-order chi connectivity index (χ0) is 22.2. The van der Waals surface area contributed by atoms with Gasteiger partial charge in [-0.2, -0.15) is 9.61 Å². The number of piperazine rings is 1. The zero-order valence-corrected chi connectivity index (χ0v) is 18.3. The maximum atomic E-state index is 12.8. The lowest BCUT2D eigenvalue weighted by molar-refractivity contribution is -0.135. The number of carbonyl (C=O) groups is 1. The number of aromatic nitrogens is 3. The van der Waals surface area contributed by atoms with Gasteiger partial charge in [0.2, 0.25) is 5.91 Å². The Kier molecular flexibility index (Phi) is 5.07. The van der Waals surface area contributed by atoms with Gasteiger partial charge in [-0.15, -0.1) is 0 Å². The molecule has 2 saturated heterocycles. The first kappa shape index (κ1) is 20.0. The van der Waals surface area contributed by atoms with Gasteiger partial charge < -0.3 is 19.0 Å². The molecule has 1 atom stereocenters. The van der Waals surface area contributed by atoms with Gasteiger partial charge in [0.15, 0.2) is 11.4 Å². The SMILES string of the molecule is O=C(C1CCOC1)N1CCN(c2cc(-c3ccco3)nc3cc(-c4ccccc4)nn23)CC1. The first-order chi connectivity index (χ1) is 16.3. The average molecular weight is 444 g/mol. The van der Waals surface area contributed by atoms with E-state index in [4.69, 9.17) is 19.2 Å². The molecular weight excluding hydrogens is 418 g/mol. The van der Waals surface area contributed by atoms with Crippen LogP contribution in [-0.4, -0.2) is 64.8 Å². The number of furan rings is 1. The summed E-state index contributed by atoms with van der Waals surface area (Å²) in [5, 5.41) is 4.88. The molecule has 2 aliphatic heterocycles. The summed E-state index contributed by atoms with van der Waals surface area (Å²) in [7, 11) is 0. The number of hydrogen-bond acceptors (Lipinski definition) is 6. The first-order valence-corrected chi connectivity index (χ1v) is 11.4. The molecule has 33 heavy (non-hydrogen) atoms. The minimum absolute atomic E-state index is 0.00860. The van der Waals surface area contributed by atoms with Crippen LogP contribution in [-0.2, 0) is 9.53 Å². The minimum atomic E-state index is 0.00860. The molecule has 2 fully saturated rings. The van der Waals surface area contributed by atoms with E-state index < -0.39 is 0 Å². The predicted octanol–water partition coefficient (Wildman–Crippen LogP) is 3.34. The highest BCUT2D eigenvalue weighted by molar-refractivity contribution is 5.79. The standard InChI is InChI=1S/C25H25N5O3/c31-25(19-8-14-32-17-19)29-11-9-28(10-12-29)24-16-21(22-7-4-13-33-22)26-23-15-20(27-30(23)24)18-5-2-1-3-6-18/h1-7,13,15-16,19H,8-12,14,17H2. The van der Waals surface area contributed by atoms with E-state index in [1.54, 1.807) is 6.26 Å². The molecule has 6 rings (SSSR count). The molecule has 0 spiro atoms. The summed E-state index contributed by atoms with van der Waals surface area (Å²) in [6, 6.07) is 17.9. The van der Waals surface area contributed by atoms with Crippen LogP contribution < -0.4 is 4.90 Å². The molecule has 0 radical (unpaired) electrons. The molecule has 8 nitrogen and oxygen atoms in total. The molecule has 8 heteroatoms. The number of benzene rings is 1. The predicted molar refractivity (Wildman–Crippen MR) is 124 cm³/mol. The van der Waals surface area contributed by atoms with Crippen molar-refractivity contribution in [2.24, 2.45) is 5.92 Å². The lowest BCUT2D eigenvalue weighted by atomic mass is 10.1. The number of hydrogen-bond donors (Lipinski definition) is 0. The Labute approximate surface area is 191 Å². The minimum Gasteiger partial charge on any atom is -0.463 e. The van der Waals surface area contributed by atoms with Crippen molar-refractivity contribution in [1.82, 2.24) is 19.5 Å². The van der Waals surface area contributed by atoms with E-state index in [-0.39, 0.29) is 11.8 Å². The van der Waals surface area contributed by atoms with Crippen molar-refractivity contribution in [2.75, 3.05) is 44.3 Å². The van der Waals surface area contributed by atoms with Crippen molar-refractivity contribution in [3.8, 4) is 22.7 Å². The van der Waals surface area contributed by atoms with Gasteiger partial charge in [0.05, 0.1) is 24.5 Å². The van der Waals surface area contributed by atoms with Crippen molar-refractivity contribution in [3.05, 3.63) is 60.9 Å². The molecule has 1 amide bonds. The summed E-state index contributed by atoms with van der Waals surface area (Å²) in [5.41, 5.74) is 3.45. The molecule has 0 aliphatic carbocycles. The summed E-state index contributed by atoms with van der Waals surface area (Å²) in [4.78, 5) is 21.9. The number of carbonyl (C=O) groups excluding carboxylic acids is 1. The van der Waals surface area contributed by atoms with E-state index in [2.05, 4.69) is 4.90 Å². The van der Waals surface area contributed by atoms with Gasteiger partial charge in [0.1, 0.15) is 11.5 Å². The highest BCUT2D eigenvalue weighted by Crippen LogP contribution is 2.29. The van der Waals surface area contributed by atoms with E-state index in [1.807, 2.05) is 64.0 Å².